The van der Waals surface area contributed by atoms with Crippen LogP contribution < -0.4 is 15.4 Å². The molecule has 0 aliphatic heterocycles. The molecule has 3 aromatic rings. The average molecular weight is 394 g/mol. The van der Waals surface area contributed by atoms with Crippen molar-refractivity contribution in [2.75, 3.05) is 17.7 Å². The Morgan fingerprint density at radius 2 is 2.00 bits per heavy atom. The molecule has 0 aliphatic rings. The van der Waals surface area contributed by atoms with Crippen LogP contribution >= 0.6 is 11.6 Å². The molecule has 140 valence electrons. The normalized spacial score (nSPS) is 10.1. The fraction of sp³-hybridized carbons (Fsp3) is 0.100. The molecule has 0 radical (unpaired) electrons. The summed E-state index contributed by atoms with van der Waals surface area (Å²) in [5, 5.41) is 15.2. The second kappa shape index (κ2) is 8.37. The van der Waals surface area contributed by atoms with E-state index < -0.39 is 5.91 Å². The molecule has 3 rings (SSSR count). The number of aryl methyl sites for hydroxylation is 1. The predicted molar refractivity (Wildman–Crippen MR) is 107 cm³/mol. The number of nitriles is 1. The second-order valence-corrected chi connectivity index (χ2v) is 6.27. The maximum absolute atomic E-state index is 12.7. The molecule has 0 saturated carbocycles. The summed E-state index contributed by atoms with van der Waals surface area (Å²) >= 11 is 6.00. The van der Waals surface area contributed by atoms with E-state index in [1.165, 1.54) is 7.11 Å². The van der Waals surface area contributed by atoms with Gasteiger partial charge in [0.25, 0.3) is 5.91 Å². The zero-order valence-corrected chi connectivity index (χ0v) is 15.9. The first-order chi connectivity index (χ1) is 13.5. The molecule has 2 aromatic carbocycles. The minimum Gasteiger partial charge on any atom is -0.495 e. The number of carbonyl (C=O) groups excluding carboxylic acids is 1. The van der Waals surface area contributed by atoms with Gasteiger partial charge in [-0.2, -0.15) is 5.26 Å². The molecule has 0 fully saturated rings. The van der Waals surface area contributed by atoms with Crippen molar-refractivity contribution in [2.45, 2.75) is 6.92 Å². The number of nitrogens with one attached hydrogen (secondary N) is 2. The molecule has 0 atom stereocenters. The summed E-state index contributed by atoms with van der Waals surface area (Å²) in [7, 11) is 1.51. The molecule has 1 amide bonds. The minimum absolute atomic E-state index is 0.175. The summed E-state index contributed by atoms with van der Waals surface area (Å²) in [5.74, 6) is 0.299. The summed E-state index contributed by atoms with van der Waals surface area (Å²) in [6.07, 6.45) is 0. The zero-order chi connectivity index (χ0) is 20.1. The predicted octanol–water partition coefficient (Wildman–Crippen LogP) is 4.31. The molecule has 1 heterocycles. The molecule has 7 nitrogen and oxygen atoms in total. The Balaban J connectivity index is 1.85. The number of amides is 1. The highest BCUT2D eigenvalue weighted by Gasteiger charge is 2.14. The summed E-state index contributed by atoms with van der Waals surface area (Å²) in [5.41, 5.74) is 2.37. The van der Waals surface area contributed by atoms with Crippen molar-refractivity contribution in [3.63, 3.8) is 0 Å². The highest BCUT2D eigenvalue weighted by molar-refractivity contribution is 6.31. The van der Waals surface area contributed by atoms with Crippen molar-refractivity contribution in [1.29, 1.82) is 5.26 Å². The molecular weight excluding hydrogens is 378 g/mol. The number of benzene rings is 2. The van der Waals surface area contributed by atoms with Gasteiger partial charge in [0.2, 0.25) is 5.95 Å². The first-order valence-corrected chi connectivity index (χ1v) is 8.64. The Hall–Kier alpha value is -3.63. The van der Waals surface area contributed by atoms with Crippen LogP contribution in [0.3, 0.4) is 0 Å². The summed E-state index contributed by atoms with van der Waals surface area (Å²) in [4.78, 5) is 21.2. The standard InChI is InChI=1S/C20H16ClN5O2/c1-12-8-17(19(27)25-16-10-14(21)6-7-18(16)28-2)26-20(23-12)24-15-5-3-4-13(9-15)11-22/h3-10H,1-2H3,(H,25,27)(H,23,24,26). The molecule has 2 N–H and O–H groups in total. The molecule has 28 heavy (non-hydrogen) atoms. The van der Waals surface area contributed by atoms with E-state index in [4.69, 9.17) is 21.6 Å². The number of ether oxygens (including phenoxy) is 1. The lowest BCUT2D eigenvalue weighted by Crippen LogP contribution is -2.16. The third kappa shape index (κ3) is 4.55. The fourth-order valence-electron chi connectivity index (χ4n) is 2.50. The molecule has 0 saturated heterocycles. The summed E-state index contributed by atoms with van der Waals surface area (Å²) < 4.78 is 5.24. The number of nitrogens with zero attached hydrogens (tertiary/aromatic N) is 3. The largest absolute Gasteiger partial charge is 0.495 e. The first kappa shape index (κ1) is 19.1. The van der Waals surface area contributed by atoms with Crippen molar-refractivity contribution in [2.24, 2.45) is 0 Å². The number of halogens is 1. The van der Waals surface area contributed by atoms with E-state index in [2.05, 4.69) is 26.7 Å². The number of anilines is 3. The monoisotopic (exact) mass is 393 g/mol. The number of aromatic nitrogens is 2. The van der Waals surface area contributed by atoms with Crippen molar-refractivity contribution in [3.8, 4) is 11.8 Å². The Morgan fingerprint density at radius 3 is 2.75 bits per heavy atom. The van der Waals surface area contributed by atoms with Gasteiger partial charge in [-0.25, -0.2) is 9.97 Å². The Kier molecular flexibility index (Phi) is 5.72. The van der Waals surface area contributed by atoms with Crippen LogP contribution in [0.25, 0.3) is 0 Å². The SMILES string of the molecule is COc1ccc(Cl)cc1NC(=O)c1cc(C)nc(Nc2cccc(C#N)c2)n1. The zero-order valence-electron chi connectivity index (χ0n) is 15.2. The van der Waals surface area contributed by atoms with Crippen LogP contribution in [-0.2, 0) is 0 Å². The van der Waals surface area contributed by atoms with Crippen molar-refractivity contribution in [3.05, 3.63) is 70.5 Å². The van der Waals surface area contributed by atoms with Gasteiger partial charge in [0.1, 0.15) is 11.4 Å². The number of rotatable bonds is 5. The third-order valence-electron chi connectivity index (χ3n) is 3.74. The van der Waals surface area contributed by atoms with E-state index in [9.17, 15) is 4.79 Å². The maximum Gasteiger partial charge on any atom is 0.274 e. The molecule has 0 spiro atoms. The summed E-state index contributed by atoms with van der Waals surface area (Å²) in [6, 6.07) is 15.5. The lowest BCUT2D eigenvalue weighted by atomic mass is 10.2. The van der Waals surface area contributed by atoms with Gasteiger partial charge in [0, 0.05) is 16.4 Å². The number of methoxy groups -OCH3 is 1. The highest BCUT2D eigenvalue weighted by atomic mass is 35.5. The van der Waals surface area contributed by atoms with Crippen LogP contribution in [0.2, 0.25) is 5.02 Å². The molecule has 0 unspecified atom stereocenters. The van der Waals surface area contributed by atoms with Gasteiger partial charge in [-0.15, -0.1) is 0 Å². The molecular formula is C20H16ClN5O2. The minimum atomic E-state index is -0.431. The Labute approximate surface area is 167 Å². The van der Waals surface area contributed by atoms with E-state index in [-0.39, 0.29) is 11.6 Å². The molecule has 0 aliphatic carbocycles. The molecule has 8 heteroatoms. The quantitative estimate of drug-likeness (QED) is 0.669. The topological polar surface area (TPSA) is 99.9 Å². The van der Waals surface area contributed by atoms with Crippen LogP contribution in [0.1, 0.15) is 21.7 Å². The number of carbonyl (C=O) groups is 1. The van der Waals surface area contributed by atoms with Crippen LogP contribution in [0, 0.1) is 18.3 Å². The first-order valence-electron chi connectivity index (χ1n) is 8.26. The third-order valence-corrected chi connectivity index (χ3v) is 3.98. The van der Waals surface area contributed by atoms with E-state index in [1.807, 2.05) is 0 Å². The second-order valence-electron chi connectivity index (χ2n) is 5.83. The van der Waals surface area contributed by atoms with Crippen LogP contribution in [0.15, 0.2) is 48.5 Å². The highest BCUT2D eigenvalue weighted by Crippen LogP contribution is 2.28. The molecule has 1 aromatic heterocycles. The van der Waals surface area contributed by atoms with Crippen molar-refractivity contribution < 1.29 is 9.53 Å². The van der Waals surface area contributed by atoms with Crippen molar-refractivity contribution >= 4 is 34.8 Å². The lowest BCUT2D eigenvalue weighted by Gasteiger charge is -2.11. The van der Waals surface area contributed by atoms with Gasteiger partial charge in [0.15, 0.2) is 0 Å². The summed E-state index contributed by atoms with van der Waals surface area (Å²) in [6.45, 7) is 1.76. The van der Waals surface area contributed by atoms with Crippen molar-refractivity contribution in [1.82, 2.24) is 9.97 Å². The van der Waals surface area contributed by atoms with E-state index in [1.54, 1.807) is 55.5 Å². The van der Waals surface area contributed by atoms with Gasteiger partial charge < -0.3 is 15.4 Å². The van der Waals surface area contributed by atoms with Gasteiger partial charge in [-0.1, -0.05) is 17.7 Å². The van der Waals surface area contributed by atoms with Gasteiger partial charge in [-0.3, -0.25) is 4.79 Å². The Morgan fingerprint density at radius 1 is 1.18 bits per heavy atom. The van der Waals surface area contributed by atoms with Gasteiger partial charge in [0.05, 0.1) is 24.4 Å². The maximum atomic E-state index is 12.7. The number of hydrogen-bond acceptors (Lipinski definition) is 6. The van der Waals surface area contributed by atoms with Gasteiger partial charge >= 0.3 is 0 Å². The van der Waals surface area contributed by atoms with Crippen LogP contribution in [0.4, 0.5) is 17.3 Å². The lowest BCUT2D eigenvalue weighted by molar-refractivity contribution is 0.102. The van der Waals surface area contributed by atoms with Crippen LogP contribution in [-0.4, -0.2) is 23.0 Å². The van der Waals surface area contributed by atoms with E-state index in [0.29, 0.717) is 33.4 Å². The molecule has 0 bridgehead atoms. The van der Waals surface area contributed by atoms with E-state index in [0.717, 1.165) is 0 Å². The van der Waals surface area contributed by atoms with Crippen LogP contribution in [0.5, 0.6) is 5.75 Å². The smallest absolute Gasteiger partial charge is 0.274 e. The van der Waals surface area contributed by atoms with Gasteiger partial charge in [-0.05, 0) is 49.4 Å². The number of hydrogen-bond donors (Lipinski definition) is 2. The Bertz CT molecular complexity index is 1080. The van der Waals surface area contributed by atoms with E-state index >= 15 is 0 Å². The average Bonchev–Trinajstić information content (AvgIpc) is 2.68. The fourth-order valence-corrected chi connectivity index (χ4v) is 2.67.